The average molecular weight is 308 g/mol. The largest absolute Gasteiger partial charge is 0.482 e. The predicted octanol–water partition coefficient (Wildman–Crippen LogP) is 1.02. The molecule has 6 nitrogen and oxygen atoms in total. The molecule has 1 rings (SSSR count). The van der Waals surface area contributed by atoms with E-state index in [1.807, 2.05) is 12.1 Å². The lowest BCUT2D eigenvalue weighted by molar-refractivity contribution is -0.145. The van der Waals surface area contributed by atoms with Gasteiger partial charge in [0.25, 0.3) is 0 Å². The number of hydrogen-bond donors (Lipinski definition) is 2. The average Bonchev–Trinajstić information content (AvgIpc) is 2.45. The van der Waals surface area contributed by atoms with E-state index in [1.165, 1.54) is 0 Å². The van der Waals surface area contributed by atoms with E-state index >= 15 is 0 Å². The number of carbonyl (C=O) groups is 2. The Balaban J connectivity index is 2.36. The van der Waals surface area contributed by atoms with Crippen molar-refractivity contribution in [1.29, 1.82) is 0 Å². The van der Waals surface area contributed by atoms with Gasteiger partial charge in [-0.15, -0.1) is 0 Å². The molecule has 0 saturated carbocycles. The lowest BCUT2D eigenvalue weighted by Crippen LogP contribution is -2.49. The Bertz CT molecular complexity index is 492. The maximum atomic E-state index is 11.6. The van der Waals surface area contributed by atoms with E-state index < -0.39 is 11.5 Å². The topological polar surface area (TPSA) is 90.6 Å². The lowest BCUT2D eigenvalue weighted by Gasteiger charge is -2.17. The molecule has 0 unspecified atom stereocenters. The Kier molecular flexibility index (Phi) is 6.85. The molecule has 1 amide bonds. The fourth-order valence-corrected chi connectivity index (χ4v) is 1.65. The normalized spacial score (nSPS) is 10.9. The second-order valence-electron chi connectivity index (χ2n) is 5.47. The van der Waals surface area contributed by atoms with Crippen LogP contribution in [0.15, 0.2) is 24.3 Å². The molecular weight excluding hydrogens is 284 g/mol. The van der Waals surface area contributed by atoms with Crippen LogP contribution in [-0.2, 0) is 20.7 Å². The summed E-state index contributed by atoms with van der Waals surface area (Å²) in [5.41, 5.74) is 5.88. The Morgan fingerprint density at radius 3 is 2.41 bits per heavy atom. The Morgan fingerprint density at radius 2 is 1.86 bits per heavy atom. The summed E-state index contributed by atoms with van der Waals surface area (Å²) in [5, 5.41) is 2.78. The van der Waals surface area contributed by atoms with Gasteiger partial charge in [-0.25, -0.2) is 4.79 Å². The molecule has 0 aliphatic carbocycles. The summed E-state index contributed by atoms with van der Waals surface area (Å²) in [4.78, 5) is 22.8. The van der Waals surface area contributed by atoms with Gasteiger partial charge in [-0.05, 0) is 44.9 Å². The van der Waals surface area contributed by atoms with Crippen molar-refractivity contribution in [2.45, 2.75) is 32.7 Å². The monoisotopic (exact) mass is 308 g/mol. The quantitative estimate of drug-likeness (QED) is 0.700. The molecule has 0 saturated heterocycles. The van der Waals surface area contributed by atoms with Crippen molar-refractivity contribution in [3.05, 3.63) is 29.8 Å². The molecule has 122 valence electrons. The lowest BCUT2D eigenvalue weighted by atomic mass is 10.1. The van der Waals surface area contributed by atoms with E-state index in [2.05, 4.69) is 5.32 Å². The van der Waals surface area contributed by atoms with Gasteiger partial charge in [-0.1, -0.05) is 12.1 Å². The van der Waals surface area contributed by atoms with Crippen molar-refractivity contribution < 1.29 is 19.1 Å². The Labute approximate surface area is 131 Å². The Morgan fingerprint density at radius 1 is 1.23 bits per heavy atom. The van der Waals surface area contributed by atoms with Crippen molar-refractivity contribution in [2.75, 3.05) is 19.8 Å². The zero-order chi connectivity index (χ0) is 16.6. The van der Waals surface area contributed by atoms with Crippen LogP contribution in [0.2, 0.25) is 0 Å². The van der Waals surface area contributed by atoms with Gasteiger partial charge < -0.3 is 20.5 Å². The van der Waals surface area contributed by atoms with Gasteiger partial charge in [0, 0.05) is 6.54 Å². The van der Waals surface area contributed by atoms with E-state index in [1.54, 1.807) is 32.9 Å². The van der Waals surface area contributed by atoms with E-state index in [4.69, 9.17) is 15.2 Å². The first-order valence-corrected chi connectivity index (χ1v) is 7.27. The van der Waals surface area contributed by atoms with Gasteiger partial charge >= 0.3 is 5.97 Å². The zero-order valence-corrected chi connectivity index (χ0v) is 13.3. The number of nitrogens with one attached hydrogen (secondary N) is 1. The molecule has 0 atom stereocenters. The van der Waals surface area contributed by atoms with Crippen LogP contribution in [-0.4, -0.2) is 37.2 Å². The minimum atomic E-state index is -0.870. The molecule has 0 aliphatic rings. The number of carbonyl (C=O) groups excluding carboxylic acids is 2. The highest BCUT2D eigenvalue weighted by molar-refractivity contribution is 5.84. The molecule has 0 heterocycles. The number of benzene rings is 1. The third-order valence-electron chi connectivity index (χ3n) is 2.87. The van der Waals surface area contributed by atoms with Crippen molar-refractivity contribution in [3.63, 3.8) is 0 Å². The predicted molar refractivity (Wildman–Crippen MR) is 83.6 cm³/mol. The summed E-state index contributed by atoms with van der Waals surface area (Å²) < 4.78 is 10.1. The fourth-order valence-electron chi connectivity index (χ4n) is 1.65. The molecule has 1 aromatic rings. The molecule has 0 spiro atoms. The first kappa shape index (κ1) is 18.0. The number of hydrogen-bond acceptors (Lipinski definition) is 5. The molecule has 0 radical (unpaired) electrons. The van der Waals surface area contributed by atoms with Gasteiger partial charge in [0.05, 0.1) is 12.1 Å². The summed E-state index contributed by atoms with van der Waals surface area (Å²) in [7, 11) is 0. The molecule has 22 heavy (non-hydrogen) atoms. The van der Waals surface area contributed by atoms with Crippen LogP contribution >= 0.6 is 0 Å². The summed E-state index contributed by atoms with van der Waals surface area (Å²) in [6.07, 6.45) is 0.694. The number of nitrogens with two attached hydrogens (primary N) is 1. The third-order valence-corrected chi connectivity index (χ3v) is 2.87. The maximum Gasteiger partial charge on any atom is 0.344 e. The molecule has 6 heteroatoms. The first-order valence-electron chi connectivity index (χ1n) is 7.27. The van der Waals surface area contributed by atoms with E-state index in [0.29, 0.717) is 25.3 Å². The van der Waals surface area contributed by atoms with Crippen LogP contribution in [0.1, 0.15) is 26.3 Å². The summed E-state index contributed by atoms with van der Waals surface area (Å²) in [6, 6.07) is 7.34. The second kappa shape index (κ2) is 8.38. The fraction of sp³-hybridized carbons (Fsp3) is 0.500. The number of ether oxygens (including phenoxy) is 2. The van der Waals surface area contributed by atoms with Crippen molar-refractivity contribution in [2.24, 2.45) is 5.73 Å². The van der Waals surface area contributed by atoms with Gasteiger partial charge in [0.2, 0.25) is 5.91 Å². The van der Waals surface area contributed by atoms with Crippen LogP contribution in [0.3, 0.4) is 0 Å². The molecule has 0 fully saturated rings. The highest BCUT2D eigenvalue weighted by atomic mass is 16.6. The summed E-state index contributed by atoms with van der Waals surface area (Å²) >= 11 is 0. The van der Waals surface area contributed by atoms with Crippen LogP contribution in [0, 0.1) is 0 Å². The third kappa shape index (κ3) is 6.58. The molecule has 0 bridgehead atoms. The van der Waals surface area contributed by atoms with Gasteiger partial charge in [0.1, 0.15) is 5.75 Å². The second-order valence-corrected chi connectivity index (χ2v) is 5.47. The van der Waals surface area contributed by atoms with Crippen molar-refractivity contribution >= 4 is 11.9 Å². The van der Waals surface area contributed by atoms with Crippen molar-refractivity contribution in [1.82, 2.24) is 5.32 Å². The maximum absolute atomic E-state index is 11.6. The van der Waals surface area contributed by atoms with Gasteiger partial charge in [-0.2, -0.15) is 0 Å². The highest BCUT2D eigenvalue weighted by Crippen LogP contribution is 2.12. The highest BCUT2D eigenvalue weighted by Gasteiger charge is 2.20. The number of rotatable bonds is 8. The molecule has 3 N–H and O–H groups in total. The first-order chi connectivity index (χ1) is 10.3. The standard InChI is InChI=1S/C16H24N2O4/c1-4-21-14(19)11-22-13-7-5-12(6-8-13)9-10-18-15(20)16(2,3)17/h5-8H,4,9-11,17H2,1-3H3,(H,18,20). The van der Waals surface area contributed by atoms with Crippen LogP contribution in [0.25, 0.3) is 0 Å². The van der Waals surface area contributed by atoms with E-state index in [0.717, 1.165) is 5.56 Å². The summed E-state index contributed by atoms with van der Waals surface area (Å²) in [6.45, 7) is 5.83. The minimum Gasteiger partial charge on any atom is -0.482 e. The molecule has 0 aromatic heterocycles. The SMILES string of the molecule is CCOC(=O)COc1ccc(CCNC(=O)C(C)(C)N)cc1. The van der Waals surface area contributed by atoms with Gasteiger partial charge in [0.15, 0.2) is 6.61 Å². The van der Waals surface area contributed by atoms with Crippen LogP contribution in [0.4, 0.5) is 0 Å². The van der Waals surface area contributed by atoms with Crippen molar-refractivity contribution in [3.8, 4) is 5.75 Å². The molecule has 0 aliphatic heterocycles. The minimum absolute atomic E-state index is 0.102. The van der Waals surface area contributed by atoms with E-state index in [9.17, 15) is 9.59 Å². The zero-order valence-electron chi connectivity index (χ0n) is 13.3. The summed E-state index contributed by atoms with van der Waals surface area (Å²) in [5.74, 6) is 0.0320. The number of amides is 1. The van der Waals surface area contributed by atoms with E-state index in [-0.39, 0.29) is 12.5 Å². The van der Waals surface area contributed by atoms with Crippen LogP contribution < -0.4 is 15.8 Å². The smallest absolute Gasteiger partial charge is 0.344 e. The Hall–Kier alpha value is -2.08. The molecular formula is C16H24N2O4. The number of esters is 1. The van der Waals surface area contributed by atoms with Gasteiger partial charge in [-0.3, -0.25) is 4.79 Å². The molecule has 1 aromatic carbocycles. The van der Waals surface area contributed by atoms with Crippen LogP contribution in [0.5, 0.6) is 5.75 Å².